The smallest absolute Gasteiger partial charge is 0.273 e. The van der Waals surface area contributed by atoms with Crippen molar-refractivity contribution in [2.45, 2.75) is 38.9 Å². The fourth-order valence-corrected chi connectivity index (χ4v) is 4.32. The van der Waals surface area contributed by atoms with E-state index in [1.807, 2.05) is 22.8 Å². The maximum Gasteiger partial charge on any atom is 0.273 e. The van der Waals surface area contributed by atoms with Crippen LogP contribution in [-0.4, -0.2) is 56.8 Å². The molecule has 0 spiro atoms. The zero-order chi connectivity index (χ0) is 21.1. The van der Waals surface area contributed by atoms with E-state index in [1.165, 1.54) is 6.42 Å². The lowest BCUT2D eigenvalue weighted by atomic mass is 10.2. The predicted octanol–water partition coefficient (Wildman–Crippen LogP) is 3.17. The number of nitrogens with one attached hydrogen (secondary N) is 1. The predicted molar refractivity (Wildman–Crippen MR) is 116 cm³/mol. The summed E-state index contributed by atoms with van der Waals surface area (Å²) in [5.74, 6) is 0.444. The molecule has 1 saturated heterocycles. The molecule has 3 heterocycles. The van der Waals surface area contributed by atoms with Crippen LogP contribution < -0.4 is 5.32 Å². The Kier molecular flexibility index (Phi) is 6.20. The highest BCUT2D eigenvalue weighted by Crippen LogP contribution is 2.22. The maximum atomic E-state index is 12.7. The van der Waals surface area contributed by atoms with Gasteiger partial charge < -0.3 is 14.8 Å². The van der Waals surface area contributed by atoms with E-state index in [-0.39, 0.29) is 11.8 Å². The van der Waals surface area contributed by atoms with Crippen LogP contribution in [0.4, 0.5) is 5.69 Å². The number of hydrogen-bond donors (Lipinski definition) is 1. The highest BCUT2D eigenvalue weighted by Gasteiger charge is 2.26. The molecule has 1 aromatic heterocycles. The average Bonchev–Trinajstić information content (AvgIpc) is 3.39. The summed E-state index contributed by atoms with van der Waals surface area (Å²) in [7, 11) is 0. The highest BCUT2D eigenvalue weighted by atomic mass is 35.5. The summed E-state index contributed by atoms with van der Waals surface area (Å²) in [4.78, 5) is 33.9. The molecule has 1 N–H and O–H groups in total. The Morgan fingerprint density at radius 2 is 2.10 bits per heavy atom. The topological polar surface area (TPSA) is 70.5 Å². The molecule has 30 heavy (non-hydrogen) atoms. The number of carbonyl (C=O) groups excluding carboxylic acids is 2. The standard InChI is InChI=1S/C22H26ClN5O2/c1-2-26-11-5-6-16(26)9-10-21(29)27-12-13-28-19(14-24-20(28)15-27)22(30)25-18-8-4-3-7-17(18)23/h3-4,7-10,14,16H,2,5-6,11-13,15H2,1H3,(H,25,30)/b10-9+. The van der Waals surface area contributed by atoms with Crippen LogP contribution in [0.25, 0.3) is 0 Å². The number of hydrogen-bond acceptors (Lipinski definition) is 4. The lowest BCUT2D eigenvalue weighted by molar-refractivity contribution is -0.127. The molecule has 2 aliphatic rings. The van der Waals surface area contributed by atoms with Gasteiger partial charge in [0.25, 0.3) is 5.91 Å². The fourth-order valence-electron chi connectivity index (χ4n) is 4.14. The first-order chi connectivity index (χ1) is 14.6. The van der Waals surface area contributed by atoms with Crippen molar-refractivity contribution in [3.63, 3.8) is 0 Å². The summed E-state index contributed by atoms with van der Waals surface area (Å²) in [6, 6.07) is 7.46. The third kappa shape index (κ3) is 4.27. The lowest BCUT2D eigenvalue weighted by Crippen LogP contribution is -2.38. The Bertz CT molecular complexity index is 970. The number of imidazole rings is 1. The molecule has 0 bridgehead atoms. The van der Waals surface area contributed by atoms with Crippen molar-refractivity contribution >= 4 is 29.1 Å². The fraction of sp³-hybridized carbons (Fsp3) is 0.409. The molecule has 2 amide bonds. The van der Waals surface area contributed by atoms with Crippen molar-refractivity contribution in [3.8, 4) is 0 Å². The molecule has 158 valence electrons. The van der Waals surface area contributed by atoms with Crippen molar-refractivity contribution in [2.24, 2.45) is 0 Å². The molecule has 0 saturated carbocycles. The molecule has 8 heteroatoms. The number of amides is 2. The number of halogens is 1. The van der Waals surface area contributed by atoms with E-state index in [1.54, 1.807) is 29.3 Å². The first-order valence-electron chi connectivity index (χ1n) is 10.4. The summed E-state index contributed by atoms with van der Waals surface area (Å²) in [6.07, 6.45) is 7.57. The summed E-state index contributed by atoms with van der Waals surface area (Å²) in [6.45, 7) is 5.72. The first-order valence-corrected chi connectivity index (χ1v) is 10.8. The third-order valence-corrected chi connectivity index (χ3v) is 6.14. The molecular weight excluding hydrogens is 402 g/mol. The largest absolute Gasteiger partial charge is 0.330 e. The van der Waals surface area contributed by atoms with Crippen LogP contribution >= 0.6 is 11.6 Å². The minimum Gasteiger partial charge on any atom is -0.330 e. The summed E-state index contributed by atoms with van der Waals surface area (Å²) in [5.41, 5.74) is 1.03. The molecular formula is C22H26ClN5O2. The third-order valence-electron chi connectivity index (χ3n) is 5.81. The minimum absolute atomic E-state index is 0.00530. The monoisotopic (exact) mass is 427 g/mol. The zero-order valence-corrected chi connectivity index (χ0v) is 17.8. The van der Waals surface area contributed by atoms with E-state index in [0.717, 1.165) is 19.5 Å². The van der Waals surface area contributed by atoms with E-state index in [9.17, 15) is 9.59 Å². The quantitative estimate of drug-likeness (QED) is 0.744. The van der Waals surface area contributed by atoms with Crippen LogP contribution in [-0.2, 0) is 17.9 Å². The van der Waals surface area contributed by atoms with Gasteiger partial charge in [0.15, 0.2) is 0 Å². The van der Waals surface area contributed by atoms with E-state index in [4.69, 9.17) is 11.6 Å². The van der Waals surface area contributed by atoms with Crippen LogP contribution in [0.3, 0.4) is 0 Å². The number of para-hydroxylation sites is 1. The van der Waals surface area contributed by atoms with Gasteiger partial charge in [0.05, 0.1) is 23.5 Å². The van der Waals surface area contributed by atoms with Gasteiger partial charge in [-0.3, -0.25) is 14.5 Å². The molecule has 0 aliphatic carbocycles. The Labute approximate surface area is 181 Å². The van der Waals surface area contributed by atoms with E-state index >= 15 is 0 Å². The van der Waals surface area contributed by atoms with Gasteiger partial charge in [-0.1, -0.05) is 36.7 Å². The van der Waals surface area contributed by atoms with Crippen LogP contribution in [0.15, 0.2) is 42.6 Å². The molecule has 0 radical (unpaired) electrons. The second-order valence-corrected chi connectivity index (χ2v) is 8.01. The number of likely N-dealkylation sites (tertiary alicyclic amines) is 1. The summed E-state index contributed by atoms with van der Waals surface area (Å²) < 4.78 is 1.87. The number of carbonyl (C=O) groups is 2. The number of rotatable bonds is 5. The highest BCUT2D eigenvalue weighted by molar-refractivity contribution is 6.33. The van der Waals surface area contributed by atoms with E-state index < -0.39 is 0 Å². The summed E-state index contributed by atoms with van der Waals surface area (Å²) in [5, 5.41) is 3.31. The van der Waals surface area contributed by atoms with Crippen molar-refractivity contribution < 1.29 is 9.59 Å². The molecule has 1 unspecified atom stereocenters. The molecule has 2 aliphatic heterocycles. The van der Waals surface area contributed by atoms with Gasteiger partial charge in [-0.25, -0.2) is 4.98 Å². The molecule has 1 aromatic carbocycles. The van der Waals surface area contributed by atoms with Gasteiger partial charge in [-0.2, -0.15) is 0 Å². The SMILES string of the molecule is CCN1CCCC1/C=C/C(=O)N1CCn2c(C(=O)Nc3ccccc3Cl)cnc2C1. The normalized spacial score (nSPS) is 19.3. The van der Waals surface area contributed by atoms with Crippen LogP contribution in [0.1, 0.15) is 36.1 Å². The van der Waals surface area contributed by atoms with Crippen LogP contribution in [0.5, 0.6) is 0 Å². The molecule has 1 atom stereocenters. The van der Waals surface area contributed by atoms with Gasteiger partial charge in [0.2, 0.25) is 5.91 Å². The Morgan fingerprint density at radius 1 is 1.27 bits per heavy atom. The first kappa shape index (κ1) is 20.6. The van der Waals surface area contributed by atoms with Gasteiger partial charge in [-0.15, -0.1) is 0 Å². The Balaban J connectivity index is 1.40. The zero-order valence-electron chi connectivity index (χ0n) is 17.1. The van der Waals surface area contributed by atoms with Crippen molar-refractivity contribution in [1.82, 2.24) is 19.4 Å². The Hall–Kier alpha value is -2.64. The average molecular weight is 428 g/mol. The molecule has 2 aromatic rings. The van der Waals surface area contributed by atoms with Crippen molar-refractivity contribution in [3.05, 3.63) is 59.2 Å². The van der Waals surface area contributed by atoms with Gasteiger partial charge >= 0.3 is 0 Å². The van der Waals surface area contributed by atoms with Crippen molar-refractivity contribution in [1.29, 1.82) is 0 Å². The Morgan fingerprint density at radius 3 is 2.90 bits per heavy atom. The number of nitrogens with zero attached hydrogens (tertiary/aromatic N) is 4. The van der Waals surface area contributed by atoms with E-state index in [2.05, 4.69) is 22.1 Å². The van der Waals surface area contributed by atoms with E-state index in [0.29, 0.717) is 47.9 Å². The number of aromatic nitrogens is 2. The van der Waals surface area contributed by atoms with Gasteiger partial charge in [0.1, 0.15) is 11.5 Å². The van der Waals surface area contributed by atoms with Crippen LogP contribution in [0.2, 0.25) is 5.02 Å². The van der Waals surface area contributed by atoms with Gasteiger partial charge in [-0.05, 0) is 38.1 Å². The minimum atomic E-state index is -0.262. The maximum absolute atomic E-state index is 12.7. The second kappa shape index (κ2) is 9.02. The lowest BCUT2D eigenvalue weighted by Gasteiger charge is -2.28. The number of benzene rings is 1. The number of anilines is 1. The summed E-state index contributed by atoms with van der Waals surface area (Å²) >= 11 is 6.13. The number of likely N-dealkylation sites (N-methyl/N-ethyl adjacent to an activating group) is 1. The van der Waals surface area contributed by atoms with Gasteiger partial charge in [0, 0.05) is 25.2 Å². The second-order valence-electron chi connectivity index (χ2n) is 7.60. The molecule has 4 rings (SSSR count). The number of fused-ring (bicyclic) bond motifs is 1. The van der Waals surface area contributed by atoms with Crippen LogP contribution in [0, 0.1) is 0 Å². The molecule has 1 fully saturated rings. The molecule has 7 nitrogen and oxygen atoms in total. The van der Waals surface area contributed by atoms with Crippen molar-refractivity contribution in [2.75, 3.05) is 25.0 Å².